The molecular formula is C16H19F3O2. The van der Waals surface area contributed by atoms with E-state index in [1.165, 1.54) is 12.1 Å². The standard InChI is InChI=1S/C16H19F3O2/c1-3-10(2)15(20)12-6-7-14(21-9-11-4-5-11)13(8-12)16(17,18)19/h6-8,11,20H,3-5,9H2,1-2H3/b15-10-. The lowest BCUT2D eigenvalue weighted by Gasteiger charge is -2.15. The van der Waals surface area contributed by atoms with Crippen molar-refractivity contribution in [2.45, 2.75) is 39.3 Å². The van der Waals surface area contributed by atoms with Crippen LogP contribution >= 0.6 is 0 Å². The quantitative estimate of drug-likeness (QED) is 0.758. The average Bonchev–Trinajstić information content (AvgIpc) is 3.26. The Labute approximate surface area is 122 Å². The van der Waals surface area contributed by atoms with Gasteiger partial charge < -0.3 is 9.84 Å². The van der Waals surface area contributed by atoms with E-state index < -0.39 is 11.7 Å². The van der Waals surface area contributed by atoms with Crippen molar-refractivity contribution in [2.75, 3.05) is 6.61 Å². The summed E-state index contributed by atoms with van der Waals surface area (Å²) in [4.78, 5) is 0. The molecule has 0 radical (unpaired) electrons. The van der Waals surface area contributed by atoms with Gasteiger partial charge in [-0.15, -0.1) is 0 Å². The van der Waals surface area contributed by atoms with Crippen LogP contribution in [0.5, 0.6) is 5.75 Å². The molecule has 0 aliphatic heterocycles. The number of aliphatic hydroxyl groups is 1. The summed E-state index contributed by atoms with van der Waals surface area (Å²) in [6, 6.07) is 3.71. The number of alkyl halides is 3. The van der Waals surface area contributed by atoms with E-state index in [0.29, 0.717) is 24.5 Å². The molecule has 1 N–H and O–H groups in total. The minimum Gasteiger partial charge on any atom is -0.507 e. The summed E-state index contributed by atoms with van der Waals surface area (Å²) in [5, 5.41) is 9.97. The smallest absolute Gasteiger partial charge is 0.419 e. The van der Waals surface area contributed by atoms with Crippen LogP contribution in [0.1, 0.15) is 44.2 Å². The first kappa shape index (κ1) is 15.7. The summed E-state index contributed by atoms with van der Waals surface area (Å²) < 4.78 is 44.7. The molecule has 0 bridgehead atoms. The molecule has 0 amide bonds. The Morgan fingerprint density at radius 2 is 2.00 bits per heavy atom. The van der Waals surface area contributed by atoms with Gasteiger partial charge in [0.1, 0.15) is 11.5 Å². The Balaban J connectivity index is 2.34. The molecule has 1 saturated carbocycles. The molecule has 116 valence electrons. The first-order valence-electron chi connectivity index (χ1n) is 7.06. The molecule has 1 fully saturated rings. The third kappa shape index (κ3) is 3.93. The average molecular weight is 300 g/mol. The topological polar surface area (TPSA) is 29.5 Å². The molecule has 1 aliphatic carbocycles. The van der Waals surface area contributed by atoms with Gasteiger partial charge in [0.05, 0.1) is 12.2 Å². The Kier molecular flexibility index (Phi) is 4.49. The van der Waals surface area contributed by atoms with Crippen molar-refractivity contribution >= 4 is 5.76 Å². The number of rotatable bonds is 5. The van der Waals surface area contributed by atoms with Crippen LogP contribution in [-0.2, 0) is 6.18 Å². The molecule has 0 aromatic heterocycles. The summed E-state index contributed by atoms with van der Waals surface area (Å²) in [5.41, 5.74) is -0.0219. The summed E-state index contributed by atoms with van der Waals surface area (Å²) in [5.74, 6) is 0.109. The van der Waals surface area contributed by atoms with Gasteiger partial charge in [0, 0.05) is 5.56 Å². The number of aliphatic hydroxyl groups excluding tert-OH is 1. The van der Waals surface area contributed by atoms with E-state index >= 15 is 0 Å². The van der Waals surface area contributed by atoms with Crippen LogP contribution in [-0.4, -0.2) is 11.7 Å². The van der Waals surface area contributed by atoms with Crippen molar-refractivity contribution < 1.29 is 23.0 Å². The predicted octanol–water partition coefficient (Wildman–Crippen LogP) is 5.19. The first-order valence-corrected chi connectivity index (χ1v) is 7.06. The van der Waals surface area contributed by atoms with E-state index in [1.807, 2.05) is 6.92 Å². The van der Waals surface area contributed by atoms with Crippen molar-refractivity contribution in [3.63, 3.8) is 0 Å². The number of benzene rings is 1. The van der Waals surface area contributed by atoms with Crippen molar-refractivity contribution in [3.05, 3.63) is 34.9 Å². The van der Waals surface area contributed by atoms with Crippen molar-refractivity contribution in [1.29, 1.82) is 0 Å². The van der Waals surface area contributed by atoms with Gasteiger partial charge in [-0.25, -0.2) is 0 Å². The lowest BCUT2D eigenvalue weighted by atomic mass is 10.0. The maximum Gasteiger partial charge on any atom is 0.419 e. The highest BCUT2D eigenvalue weighted by Gasteiger charge is 2.35. The molecular weight excluding hydrogens is 281 g/mol. The minimum absolute atomic E-state index is 0.100. The van der Waals surface area contributed by atoms with Crippen molar-refractivity contribution in [1.82, 2.24) is 0 Å². The summed E-state index contributed by atoms with van der Waals surface area (Å²) in [6.07, 6.45) is -1.90. The van der Waals surface area contributed by atoms with Gasteiger partial charge in [0.25, 0.3) is 0 Å². The Morgan fingerprint density at radius 3 is 2.52 bits per heavy atom. The van der Waals surface area contributed by atoms with E-state index in [1.54, 1.807) is 6.92 Å². The lowest BCUT2D eigenvalue weighted by molar-refractivity contribution is -0.139. The fraction of sp³-hybridized carbons (Fsp3) is 0.500. The van der Waals surface area contributed by atoms with Crippen molar-refractivity contribution in [2.24, 2.45) is 5.92 Å². The molecule has 1 aromatic rings. The SMILES string of the molecule is CC/C(C)=C(\O)c1ccc(OCC2CC2)c(C(F)(F)F)c1. The van der Waals surface area contributed by atoms with Gasteiger partial charge >= 0.3 is 6.18 Å². The van der Waals surface area contributed by atoms with Crippen LogP contribution < -0.4 is 4.74 Å². The van der Waals surface area contributed by atoms with Gasteiger partial charge in [-0.3, -0.25) is 0 Å². The second-order valence-corrected chi connectivity index (χ2v) is 5.45. The third-order valence-electron chi connectivity index (χ3n) is 3.66. The normalized spacial score (nSPS) is 16.6. The lowest BCUT2D eigenvalue weighted by Crippen LogP contribution is -2.10. The van der Waals surface area contributed by atoms with E-state index in [4.69, 9.17) is 4.74 Å². The molecule has 0 heterocycles. The minimum atomic E-state index is -4.50. The fourth-order valence-corrected chi connectivity index (χ4v) is 1.93. The number of hydrogen-bond acceptors (Lipinski definition) is 2. The highest BCUT2D eigenvalue weighted by Crippen LogP contribution is 2.39. The molecule has 2 nitrogen and oxygen atoms in total. The highest BCUT2D eigenvalue weighted by molar-refractivity contribution is 5.63. The molecule has 2 rings (SSSR count). The molecule has 0 atom stereocenters. The Morgan fingerprint density at radius 1 is 1.33 bits per heavy atom. The maximum atomic E-state index is 13.1. The summed E-state index contributed by atoms with van der Waals surface area (Å²) in [7, 11) is 0. The monoisotopic (exact) mass is 300 g/mol. The number of hydrogen-bond donors (Lipinski definition) is 1. The zero-order valence-corrected chi connectivity index (χ0v) is 12.1. The van der Waals surface area contributed by atoms with Crippen LogP contribution in [0.4, 0.5) is 13.2 Å². The summed E-state index contributed by atoms with van der Waals surface area (Å²) >= 11 is 0. The van der Waals surface area contributed by atoms with Crippen molar-refractivity contribution in [3.8, 4) is 5.75 Å². The zero-order chi connectivity index (χ0) is 15.6. The van der Waals surface area contributed by atoms with Crippen LogP contribution in [0.3, 0.4) is 0 Å². The second kappa shape index (κ2) is 6.00. The number of ether oxygens (including phenoxy) is 1. The molecule has 1 aliphatic rings. The molecule has 0 spiro atoms. The number of allylic oxidation sites excluding steroid dienone is 1. The van der Waals surface area contributed by atoms with Gasteiger partial charge in [-0.05, 0) is 55.9 Å². The van der Waals surface area contributed by atoms with Gasteiger partial charge in [-0.1, -0.05) is 6.92 Å². The zero-order valence-electron chi connectivity index (χ0n) is 12.1. The van der Waals surface area contributed by atoms with E-state index in [2.05, 4.69) is 0 Å². The second-order valence-electron chi connectivity index (χ2n) is 5.45. The molecule has 0 unspecified atom stereocenters. The third-order valence-corrected chi connectivity index (χ3v) is 3.66. The van der Waals surface area contributed by atoms with Gasteiger partial charge in [0.2, 0.25) is 0 Å². The van der Waals surface area contributed by atoms with Crippen LogP contribution in [0.25, 0.3) is 5.76 Å². The number of halogens is 3. The van der Waals surface area contributed by atoms with E-state index in [0.717, 1.165) is 18.9 Å². The fourth-order valence-electron chi connectivity index (χ4n) is 1.93. The first-order chi connectivity index (χ1) is 9.82. The van der Waals surface area contributed by atoms with Gasteiger partial charge in [-0.2, -0.15) is 13.2 Å². The van der Waals surface area contributed by atoms with E-state index in [-0.39, 0.29) is 17.1 Å². The van der Waals surface area contributed by atoms with Crippen LogP contribution in [0, 0.1) is 5.92 Å². The highest BCUT2D eigenvalue weighted by atomic mass is 19.4. The maximum absolute atomic E-state index is 13.1. The largest absolute Gasteiger partial charge is 0.507 e. The molecule has 1 aromatic carbocycles. The van der Waals surface area contributed by atoms with Crippen LogP contribution in [0.15, 0.2) is 23.8 Å². The van der Waals surface area contributed by atoms with Gasteiger partial charge in [0.15, 0.2) is 0 Å². The predicted molar refractivity (Wildman–Crippen MR) is 75.2 cm³/mol. The van der Waals surface area contributed by atoms with E-state index in [9.17, 15) is 18.3 Å². The van der Waals surface area contributed by atoms with Crippen LogP contribution in [0.2, 0.25) is 0 Å². The molecule has 21 heavy (non-hydrogen) atoms. The molecule has 5 heteroatoms. The molecule has 0 saturated heterocycles. The Hall–Kier alpha value is -1.65. The summed E-state index contributed by atoms with van der Waals surface area (Å²) in [6.45, 7) is 3.85. The Bertz CT molecular complexity index is 543.